The van der Waals surface area contributed by atoms with Crippen LogP contribution in [0.15, 0.2) is 43.0 Å². The third kappa shape index (κ3) is 2.88. The van der Waals surface area contributed by atoms with Gasteiger partial charge in [0.15, 0.2) is 0 Å². The number of nitrogens with zero attached hydrogens (tertiary/aromatic N) is 2. The van der Waals surface area contributed by atoms with Crippen molar-refractivity contribution in [2.24, 2.45) is 0 Å². The summed E-state index contributed by atoms with van der Waals surface area (Å²) < 4.78 is 40.7. The highest BCUT2D eigenvalue weighted by Gasteiger charge is 2.31. The van der Waals surface area contributed by atoms with Crippen LogP contribution < -0.4 is 4.74 Å². The first kappa shape index (κ1) is 12.2. The van der Waals surface area contributed by atoms with Gasteiger partial charge in [0.1, 0.15) is 12.1 Å². The Balaban J connectivity index is 2.15. The minimum absolute atomic E-state index is 0.238. The van der Waals surface area contributed by atoms with Gasteiger partial charge < -0.3 is 4.74 Å². The molecule has 0 radical (unpaired) electrons. The lowest BCUT2D eigenvalue weighted by Gasteiger charge is -2.09. The van der Waals surface area contributed by atoms with E-state index in [-0.39, 0.29) is 17.2 Å². The summed E-state index contributed by atoms with van der Waals surface area (Å²) in [5.41, 5.74) is 0.238. The number of alkyl halides is 3. The molecule has 7 heteroatoms. The summed E-state index contributed by atoms with van der Waals surface area (Å²) in [5, 5.41) is 0. The van der Waals surface area contributed by atoms with Crippen LogP contribution >= 0.6 is 0 Å². The Labute approximate surface area is 99.6 Å². The molecule has 0 bridgehead atoms. The molecule has 1 heterocycles. The second-order valence-corrected chi connectivity index (χ2v) is 3.35. The molecule has 18 heavy (non-hydrogen) atoms. The predicted molar refractivity (Wildman–Crippen MR) is 55.1 cm³/mol. The second-order valence-electron chi connectivity index (χ2n) is 3.35. The smallest absolute Gasteiger partial charge is 0.406 e. The van der Waals surface area contributed by atoms with Gasteiger partial charge in [0.25, 0.3) is 5.91 Å². The minimum Gasteiger partial charge on any atom is -0.406 e. The van der Waals surface area contributed by atoms with Crippen molar-refractivity contribution >= 4 is 5.91 Å². The quantitative estimate of drug-likeness (QED) is 0.829. The van der Waals surface area contributed by atoms with Gasteiger partial charge in [-0.3, -0.25) is 9.36 Å². The van der Waals surface area contributed by atoms with Gasteiger partial charge in [0.05, 0.1) is 0 Å². The highest BCUT2D eigenvalue weighted by Crippen LogP contribution is 2.22. The molecule has 94 valence electrons. The number of halogens is 3. The SMILES string of the molecule is O=C(c1ccc(OC(F)(F)F)cc1)n1ccnc1. The summed E-state index contributed by atoms with van der Waals surface area (Å²) in [5.74, 6) is -0.754. The summed E-state index contributed by atoms with van der Waals surface area (Å²) >= 11 is 0. The summed E-state index contributed by atoms with van der Waals surface area (Å²) in [6.07, 6.45) is -0.556. The number of carbonyl (C=O) groups is 1. The van der Waals surface area contributed by atoms with Crippen molar-refractivity contribution in [2.45, 2.75) is 6.36 Å². The van der Waals surface area contributed by atoms with E-state index in [1.54, 1.807) is 0 Å². The predicted octanol–water partition coefficient (Wildman–Crippen LogP) is 2.47. The highest BCUT2D eigenvalue weighted by atomic mass is 19.4. The molecule has 0 saturated carbocycles. The van der Waals surface area contributed by atoms with E-state index < -0.39 is 6.36 Å². The fourth-order valence-electron chi connectivity index (χ4n) is 1.33. The van der Waals surface area contributed by atoms with Crippen LogP contribution in [0.25, 0.3) is 0 Å². The highest BCUT2D eigenvalue weighted by molar-refractivity contribution is 5.95. The molecule has 1 aromatic heterocycles. The maximum Gasteiger partial charge on any atom is 0.573 e. The van der Waals surface area contributed by atoms with Gasteiger partial charge in [-0.2, -0.15) is 0 Å². The van der Waals surface area contributed by atoms with Crippen LogP contribution in [0, 0.1) is 0 Å². The Morgan fingerprint density at radius 1 is 1.22 bits per heavy atom. The number of aromatic nitrogens is 2. The first-order valence-electron chi connectivity index (χ1n) is 4.84. The number of rotatable bonds is 2. The van der Waals surface area contributed by atoms with Crippen molar-refractivity contribution in [3.05, 3.63) is 48.5 Å². The molecule has 2 rings (SSSR count). The normalized spacial score (nSPS) is 11.3. The molecule has 2 aromatic rings. The Hall–Kier alpha value is -2.31. The first-order chi connectivity index (χ1) is 8.46. The van der Waals surface area contributed by atoms with Crippen molar-refractivity contribution in [3.8, 4) is 5.75 Å². The Kier molecular flexibility index (Phi) is 3.05. The van der Waals surface area contributed by atoms with Crippen LogP contribution in [-0.2, 0) is 0 Å². The van der Waals surface area contributed by atoms with Crippen molar-refractivity contribution in [2.75, 3.05) is 0 Å². The lowest BCUT2D eigenvalue weighted by atomic mass is 10.2. The zero-order valence-electron chi connectivity index (χ0n) is 8.89. The Morgan fingerprint density at radius 2 is 1.89 bits per heavy atom. The van der Waals surface area contributed by atoms with Gasteiger partial charge in [-0.25, -0.2) is 4.98 Å². The lowest BCUT2D eigenvalue weighted by molar-refractivity contribution is -0.274. The number of imidazole rings is 1. The van der Waals surface area contributed by atoms with Crippen molar-refractivity contribution in [1.29, 1.82) is 0 Å². The number of hydrogen-bond donors (Lipinski definition) is 0. The summed E-state index contributed by atoms with van der Waals surface area (Å²) in [4.78, 5) is 15.5. The third-order valence-corrected chi connectivity index (χ3v) is 2.07. The van der Waals surface area contributed by atoms with E-state index in [2.05, 4.69) is 9.72 Å². The van der Waals surface area contributed by atoms with Gasteiger partial charge in [-0.1, -0.05) is 0 Å². The number of ether oxygens (including phenoxy) is 1. The monoisotopic (exact) mass is 256 g/mol. The minimum atomic E-state index is -4.74. The zero-order chi connectivity index (χ0) is 13.2. The van der Waals surface area contributed by atoms with E-state index in [0.717, 1.165) is 12.1 Å². The molecule has 0 aliphatic rings. The van der Waals surface area contributed by atoms with Gasteiger partial charge in [-0.05, 0) is 24.3 Å². The molecular weight excluding hydrogens is 249 g/mol. The van der Waals surface area contributed by atoms with Gasteiger partial charge in [-0.15, -0.1) is 13.2 Å². The molecule has 0 spiro atoms. The van der Waals surface area contributed by atoms with Crippen LogP contribution in [0.2, 0.25) is 0 Å². The molecule has 0 aliphatic carbocycles. The lowest BCUT2D eigenvalue weighted by Crippen LogP contribution is -2.17. The maximum atomic E-state index is 11.9. The fourth-order valence-corrected chi connectivity index (χ4v) is 1.33. The first-order valence-corrected chi connectivity index (χ1v) is 4.84. The third-order valence-electron chi connectivity index (χ3n) is 2.07. The largest absolute Gasteiger partial charge is 0.573 e. The van der Waals surface area contributed by atoms with E-state index in [0.29, 0.717) is 0 Å². The van der Waals surface area contributed by atoms with Crippen LogP contribution in [0.5, 0.6) is 5.75 Å². The van der Waals surface area contributed by atoms with E-state index in [1.807, 2.05) is 0 Å². The Bertz CT molecular complexity index is 532. The molecule has 0 saturated heterocycles. The molecule has 1 aromatic carbocycles. The van der Waals surface area contributed by atoms with E-state index in [1.165, 1.54) is 35.4 Å². The van der Waals surface area contributed by atoms with Gasteiger partial charge in [0, 0.05) is 18.0 Å². The zero-order valence-corrected chi connectivity index (χ0v) is 8.89. The molecule has 0 amide bonds. The molecule has 0 atom stereocenters. The average Bonchev–Trinajstić information content (AvgIpc) is 2.80. The van der Waals surface area contributed by atoms with E-state index >= 15 is 0 Å². The summed E-state index contributed by atoms with van der Waals surface area (Å²) in [7, 11) is 0. The van der Waals surface area contributed by atoms with Gasteiger partial charge in [0.2, 0.25) is 0 Å². The number of carbonyl (C=O) groups excluding carboxylic acids is 1. The summed E-state index contributed by atoms with van der Waals surface area (Å²) in [6, 6.07) is 4.67. The molecule has 4 nitrogen and oxygen atoms in total. The second kappa shape index (κ2) is 4.52. The topological polar surface area (TPSA) is 44.1 Å². The summed E-state index contributed by atoms with van der Waals surface area (Å²) in [6.45, 7) is 0. The average molecular weight is 256 g/mol. The van der Waals surface area contributed by atoms with Crippen molar-refractivity contribution < 1.29 is 22.7 Å². The van der Waals surface area contributed by atoms with Crippen LogP contribution in [0.4, 0.5) is 13.2 Å². The number of hydrogen-bond acceptors (Lipinski definition) is 3. The van der Waals surface area contributed by atoms with Gasteiger partial charge >= 0.3 is 6.36 Å². The molecule has 0 aliphatic heterocycles. The van der Waals surface area contributed by atoms with Crippen molar-refractivity contribution in [1.82, 2.24) is 9.55 Å². The Morgan fingerprint density at radius 3 is 2.39 bits per heavy atom. The maximum absolute atomic E-state index is 11.9. The van der Waals surface area contributed by atoms with E-state index in [4.69, 9.17) is 0 Å². The van der Waals surface area contributed by atoms with Crippen molar-refractivity contribution in [3.63, 3.8) is 0 Å². The molecule has 0 fully saturated rings. The fraction of sp³-hybridized carbons (Fsp3) is 0.0909. The number of benzene rings is 1. The standard InChI is InChI=1S/C11H7F3N2O2/c12-11(13,14)18-9-3-1-8(2-4-9)10(17)16-6-5-15-7-16/h1-7H. The molecule has 0 unspecified atom stereocenters. The van der Waals surface area contributed by atoms with Crippen LogP contribution in [0.1, 0.15) is 10.4 Å². The molecule has 0 N–H and O–H groups in total. The van der Waals surface area contributed by atoms with E-state index in [9.17, 15) is 18.0 Å². The van der Waals surface area contributed by atoms with Crippen LogP contribution in [-0.4, -0.2) is 21.8 Å². The molecular formula is C11H7F3N2O2. The van der Waals surface area contributed by atoms with Crippen LogP contribution in [0.3, 0.4) is 0 Å².